The molecule has 314 valence electrons. The van der Waals surface area contributed by atoms with E-state index in [2.05, 4.69) is 266 Å². The molecule has 67 heavy (non-hydrogen) atoms. The molecule has 1 aliphatic rings. The molecule has 1 aliphatic carbocycles. The van der Waals surface area contributed by atoms with Gasteiger partial charge in [0.05, 0.1) is 15.8 Å². The Labute approximate surface area is 395 Å². The van der Waals surface area contributed by atoms with Gasteiger partial charge in [0.1, 0.15) is 0 Å². The number of rotatable bonds is 8. The second-order valence-electron chi connectivity index (χ2n) is 17.6. The zero-order valence-electron chi connectivity index (χ0n) is 36.7. The Morgan fingerprint density at radius 2 is 0.836 bits per heavy atom. The zero-order valence-corrected chi connectivity index (χ0v) is 37.5. The van der Waals surface area contributed by atoms with Crippen LogP contribution in [0.4, 0.5) is 17.1 Å². The number of hydrogen-bond donors (Lipinski definition) is 0. The number of hydrogen-bond acceptors (Lipinski definition) is 2. The van der Waals surface area contributed by atoms with Crippen LogP contribution in [0.25, 0.3) is 75.5 Å². The van der Waals surface area contributed by atoms with Crippen molar-refractivity contribution in [2.75, 3.05) is 4.90 Å². The summed E-state index contributed by atoms with van der Waals surface area (Å²) < 4.78 is 2.57. The van der Waals surface area contributed by atoms with Crippen molar-refractivity contribution in [1.82, 2.24) is 0 Å². The molecule has 0 aliphatic heterocycles. The molecule has 0 bridgehead atoms. The lowest BCUT2D eigenvalue weighted by molar-refractivity contribution is 0.769. The first kappa shape index (κ1) is 39.1. The normalized spacial score (nSPS) is 12.6. The van der Waals surface area contributed by atoms with Gasteiger partial charge in [-0.15, -0.1) is 11.3 Å². The SMILES string of the molecule is c1ccc(C2(c3ccccc3)c3ccccc3-c3ccc(-c4ccc(N(c5ccc(-c6cccc(-c7ccc8ccccc8c7)c6)cc5)c5cccc6c5sc5ccccc56)cc4)cc32)cc1. The molecule has 0 atom stereocenters. The fourth-order valence-corrected chi connectivity index (χ4v) is 12.0. The zero-order chi connectivity index (χ0) is 44.3. The maximum atomic E-state index is 2.45. The summed E-state index contributed by atoms with van der Waals surface area (Å²) in [6.45, 7) is 0. The van der Waals surface area contributed by atoms with Gasteiger partial charge in [-0.1, -0.05) is 206 Å². The summed E-state index contributed by atoms with van der Waals surface area (Å²) in [5.74, 6) is 0. The fraction of sp³-hybridized carbons (Fsp3) is 0.0154. The van der Waals surface area contributed by atoms with E-state index < -0.39 is 5.41 Å². The first-order valence-corrected chi connectivity index (χ1v) is 23.9. The predicted molar refractivity (Wildman–Crippen MR) is 285 cm³/mol. The molecular formula is C65H43NS. The highest BCUT2D eigenvalue weighted by atomic mass is 32.1. The van der Waals surface area contributed by atoms with Gasteiger partial charge in [-0.3, -0.25) is 0 Å². The van der Waals surface area contributed by atoms with Crippen molar-refractivity contribution in [2.45, 2.75) is 5.41 Å². The number of anilines is 3. The van der Waals surface area contributed by atoms with Crippen molar-refractivity contribution in [3.63, 3.8) is 0 Å². The molecule has 0 fully saturated rings. The van der Waals surface area contributed by atoms with Gasteiger partial charge >= 0.3 is 0 Å². The molecule has 1 heterocycles. The number of fused-ring (bicyclic) bond motifs is 7. The molecule has 12 aromatic rings. The van der Waals surface area contributed by atoms with Crippen molar-refractivity contribution >= 4 is 59.3 Å². The van der Waals surface area contributed by atoms with Crippen LogP contribution in [0.5, 0.6) is 0 Å². The van der Waals surface area contributed by atoms with Crippen LogP contribution >= 0.6 is 11.3 Å². The molecule has 0 radical (unpaired) electrons. The minimum absolute atomic E-state index is 0.450. The molecule has 1 nitrogen and oxygen atoms in total. The maximum absolute atomic E-state index is 2.45. The fourth-order valence-electron chi connectivity index (χ4n) is 10.8. The van der Waals surface area contributed by atoms with Crippen LogP contribution in [-0.4, -0.2) is 0 Å². The van der Waals surface area contributed by atoms with E-state index >= 15 is 0 Å². The van der Waals surface area contributed by atoms with Crippen LogP contribution < -0.4 is 4.90 Å². The van der Waals surface area contributed by atoms with E-state index in [1.54, 1.807) is 0 Å². The molecule has 11 aromatic carbocycles. The summed E-state index contributed by atoms with van der Waals surface area (Å²) in [4.78, 5) is 2.44. The Morgan fingerprint density at radius 1 is 0.313 bits per heavy atom. The minimum Gasteiger partial charge on any atom is -0.309 e. The van der Waals surface area contributed by atoms with Crippen molar-refractivity contribution in [3.05, 3.63) is 283 Å². The quantitative estimate of drug-likeness (QED) is 0.147. The lowest BCUT2D eigenvalue weighted by Gasteiger charge is -2.34. The molecule has 0 amide bonds. The summed E-state index contributed by atoms with van der Waals surface area (Å²) in [5, 5.41) is 5.08. The van der Waals surface area contributed by atoms with E-state index in [1.165, 1.54) is 103 Å². The van der Waals surface area contributed by atoms with E-state index in [0.29, 0.717) is 0 Å². The van der Waals surface area contributed by atoms with E-state index in [1.807, 2.05) is 11.3 Å². The van der Waals surface area contributed by atoms with Gasteiger partial charge in [0, 0.05) is 26.8 Å². The van der Waals surface area contributed by atoms with Gasteiger partial charge in [-0.25, -0.2) is 0 Å². The Morgan fingerprint density at radius 3 is 1.57 bits per heavy atom. The third-order valence-corrected chi connectivity index (χ3v) is 15.2. The standard InChI is InChI=1S/C65H43NS/c1-3-19-52(20-4-1)65(53-21-5-2-6-22-53)60-26-11-9-23-56(60)57-40-35-51(43-61(57)65)46-33-38-55(39-34-46)66(62-27-14-25-59-58-24-10-12-28-63(58)67-64(59)62)54-36-31-45(32-37-54)48-17-13-18-49(41-48)50-30-29-44-15-7-8-16-47(44)42-50/h1-43H. The van der Waals surface area contributed by atoms with Crippen molar-refractivity contribution in [1.29, 1.82) is 0 Å². The second-order valence-corrected chi connectivity index (χ2v) is 18.7. The highest BCUT2D eigenvalue weighted by Gasteiger charge is 2.46. The average Bonchev–Trinajstić information content (AvgIpc) is 3.94. The van der Waals surface area contributed by atoms with Gasteiger partial charge in [-0.05, 0) is 132 Å². The van der Waals surface area contributed by atoms with Crippen molar-refractivity contribution in [2.24, 2.45) is 0 Å². The van der Waals surface area contributed by atoms with Crippen LogP contribution in [0, 0.1) is 0 Å². The molecule has 0 unspecified atom stereocenters. The lowest BCUT2D eigenvalue weighted by Crippen LogP contribution is -2.28. The summed E-state index contributed by atoms with van der Waals surface area (Å²) in [6.07, 6.45) is 0. The van der Waals surface area contributed by atoms with Crippen LogP contribution in [0.2, 0.25) is 0 Å². The molecule has 1 aromatic heterocycles. The van der Waals surface area contributed by atoms with E-state index in [4.69, 9.17) is 0 Å². The number of thiophene rings is 1. The summed E-state index contributed by atoms with van der Waals surface area (Å²) >= 11 is 1.87. The molecule has 13 rings (SSSR count). The van der Waals surface area contributed by atoms with Gasteiger partial charge < -0.3 is 4.90 Å². The van der Waals surface area contributed by atoms with Crippen LogP contribution in [0.3, 0.4) is 0 Å². The lowest BCUT2D eigenvalue weighted by atomic mass is 9.67. The minimum atomic E-state index is -0.450. The van der Waals surface area contributed by atoms with Crippen LogP contribution in [0.15, 0.2) is 261 Å². The van der Waals surface area contributed by atoms with Crippen molar-refractivity contribution in [3.8, 4) is 44.5 Å². The molecule has 0 saturated heterocycles. The van der Waals surface area contributed by atoms with Crippen LogP contribution in [-0.2, 0) is 5.41 Å². The topological polar surface area (TPSA) is 3.24 Å². The average molecular weight is 870 g/mol. The van der Waals surface area contributed by atoms with Crippen molar-refractivity contribution < 1.29 is 0 Å². The van der Waals surface area contributed by atoms with Gasteiger partial charge in [0.15, 0.2) is 0 Å². The van der Waals surface area contributed by atoms with E-state index in [-0.39, 0.29) is 0 Å². The Bertz CT molecular complexity index is 3750. The summed E-state index contributed by atoms with van der Waals surface area (Å²) in [5.41, 5.74) is 17.9. The predicted octanol–water partition coefficient (Wildman–Crippen LogP) is 18.0. The Balaban J connectivity index is 0.912. The number of benzene rings is 11. The first-order chi connectivity index (χ1) is 33.2. The van der Waals surface area contributed by atoms with Gasteiger partial charge in [-0.2, -0.15) is 0 Å². The number of nitrogens with zero attached hydrogens (tertiary/aromatic N) is 1. The largest absolute Gasteiger partial charge is 0.309 e. The monoisotopic (exact) mass is 869 g/mol. The van der Waals surface area contributed by atoms with Gasteiger partial charge in [0.2, 0.25) is 0 Å². The smallest absolute Gasteiger partial charge is 0.0713 e. The second kappa shape index (κ2) is 16.0. The van der Waals surface area contributed by atoms with Crippen LogP contribution in [0.1, 0.15) is 22.3 Å². The Kier molecular flexibility index (Phi) is 9.33. The molecule has 0 spiro atoms. The summed E-state index contributed by atoms with van der Waals surface area (Å²) in [6, 6.07) is 96.2. The molecule has 0 N–H and O–H groups in total. The highest BCUT2D eigenvalue weighted by Crippen LogP contribution is 2.57. The molecular weight excluding hydrogens is 827 g/mol. The molecule has 0 saturated carbocycles. The first-order valence-electron chi connectivity index (χ1n) is 23.1. The van der Waals surface area contributed by atoms with E-state index in [9.17, 15) is 0 Å². The highest BCUT2D eigenvalue weighted by molar-refractivity contribution is 7.26. The molecule has 2 heteroatoms. The summed E-state index contributed by atoms with van der Waals surface area (Å²) in [7, 11) is 0. The van der Waals surface area contributed by atoms with E-state index in [0.717, 1.165) is 11.4 Å². The Hall–Kier alpha value is -8.30. The van der Waals surface area contributed by atoms with Gasteiger partial charge in [0.25, 0.3) is 0 Å². The third-order valence-electron chi connectivity index (χ3n) is 13.9. The maximum Gasteiger partial charge on any atom is 0.0713 e. The third kappa shape index (κ3) is 6.44.